The Kier molecular flexibility index (Phi) is 6.02. The van der Waals surface area contributed by atoms with Crippen LogP contribution in [-0.2, 0) is 0 Å². The van der Waals surface area contributed by atoms with Gasteiger partial charge >= 0.3 is 0 Å². The molecule has 4 aromatic carbocycles. The average molecular weight is 390 g/mol. The zero-order chi connectivity index (χ0) is 20.6. The summed E-state index contributed by atoms with van der Waals surface area (Å²) in [5, 5.41) is 2.97. The molecule has 0 aliphatic carbocycles. The maximum atomic E-state index is 12.7. The molecule has 0 aliphatic heterocycles. The largest absolute Gasteiger partial charge is 0.326 e. The summed E-state index contributed by atoms with van der Waals surface area (Å²) in [6.45, 7) is 0. The summed E-state index contributed by atoms with van der Waals surface area (Å²) in [7, 11) is 0. The van der Waals surface area contributed by atoms with E-state index in [9.17, 15) is 4.79 Å². The van der Waals surface area contributed by atoms with Crippen LogP contribution in [0.25, 0.3) is 5.70 Å². The number of anilines is 2. The summed E-state index contributed by atoms with van der Waals surface area (Å²) in [4.78, 5) is 14.8. The third-order valence-corrected chi connectivity index (χ3v) is 4.72. The van der Waals surface area contributed by atoms with Gasteiger partial charge in [0.25, 0.3) is 5.91 Å². The highest BCUT2D eigenvalue weighted by Gasteiger charge is 2.17. The molecule has 146 valence electrons. The van der Waals surface area contributed by atoms with Crippen LogP contribution in [0.3, 0.4) is 0 Å². The van der Waals surface area contributed by atoms with Gasteiger partial charge in [-0.25, -0.2) is 0 Å². The summed E-state index contributed by atoms with van der Waals surface area (Å²) in [6, 6.07) is 39.5. The fourth-order valence-corrected chi connectivity index (χ4v) is 3.27. The number of para-hydroxylation sites is 2. The number of benzene rings is 4. The molecule has 3 heteroatoms. The Labute approximate surface area is 176 Å². The normalized spacial score (nSPS) is 11.0. The maximum Gasteiger partial charge on any atom is 0.255 e. The minimum absolute atomic E-state index is 0.148. The van der Waals surface area contributed by atoms with Crippen molar-refractivity contribution in [1.29, 1.82) is 0 Å². The van der Waals surface area contributed by atoms with Crippen LogP contribution in [-0.4, -0.2) is 5.91 Å². The molecule has 3 nitrogen and oxygen atoms in total. The molecule has 0 spiro atoms. The second-order valence-corrected chi connectivity index (χ2v) is 6.74. The number of carbonyl (C=O) groups is 1. The lowest BCUT2D eigenvalue weighted by Crippen LogP contribution is -2.22. The molecule has 0 heterocycles. The van der Waals surface area contributed by atoms with E-state index in [0.29, 0.717) is 5.56 Å². The van der Waals surface area contributed by atoms with Gasteiger partial charge in [0, 0.05) is 23.1 Å². The third kappa shape index (κ3) is 4.47. The molecule has 0 radical (unpaired) electrons. The van der Waals surface area contributed by atoms with E-state index in [1.54, 1.807) is 18.3 Å². The first kappa shape index (κ1) is 19.2. The van der Waals surface area contributed by atoms with Gasteiger partial charge < -0.3 is 10.2 Å². The van der Waals surface area contributed by atoms with Gasteiger partial charge in [0.2, 0.25) is 0 Å². The molecule has 4 aromatic rings. The van der Waals surface area contributed by atoms with Gasteiger partial charge in [0.05, 0.1) is 5.70 Å². The first-order valence-corrected chi connectivity index (χ1v) is 9.85. The number of carbonyl (C=O) groups excluding carboxylic acids is 1. The van der Waals surface area contributed by atoms with E-state index in [4.69, 9.17) is 0 Å². The highest BCUT2D eigenvalue weighted by Crippen LogP contribution is 2.34. The zero-order valence-electron chi connectivity index (χ0n) is 16.5. The van der Waals surface area contributed by atoms with E-state index in [0.717, 1.165) is 22.6 Å². The molecular formula is C27H22N2O. The van der Waals surface area contributed by atoms with Gasteiger partial charge in [0.1, 0.15) is 0 Å². The number of nitrogens with zero attached hydrogens (tertiary/aromatic N) is 1. The monoisotopic (exact) mass is 390 g/mol. The smallest absolute Gasteiger partial charge is 0.255 e. The molecule has 0 bridgehead atoms. The second-order valence-electron chi connectivity index (χ2n) is 6.74. The number of nitrogens with one attached hydrogen (secondary N) is 1. The van der Waals surface area contributed by atoms with Crippen molar-refractivity contribution in [2.45, 2.75) is 0 Å². The minimum Gasteiger partial charge on any atom is -0.326 e. The highest BCUT2D eigenvalue weighted by atomic mass is 16.1. The first-order chi connectivity index (χ1) is 14.8. The average Bonchev–Trinajstić information content (AvgIpc) is 2.84. The van der Waals surface area contributed by atoms with Crippen molar-refractivity contribution in [3.8, 4) is 0 Å². The molecule has 0 saturated carbocycles. The standard InChI is InChI=1S/C27H22N2O/c30-27(23-15-7-2-8-16-23)28-21-26(22-13-5-1-6-14-22)29(24-17-9-3-10-18-24)25-19-11-4-12-20-25/h1-21H,(H,28,30). The molecule has 0 unspecified atom stereocenters. The quantitative estimate of drug-likeness (QED) is 0.422. The van der Waals surface area contributed by atoms with Gasteiger partial charge in [-0.15, -0.1) is 0 Å². The fourth-order valence-electron chi connectivity index (χ4n) is 3.27. The van der Waals surface area contributed by atoms with E-state index in [-0.39, 0.29) is 5.91 Å². The first-order valence-electron chi connectivity index (χ1n) is 9.85. The third-order valence-electron chi connectivity index (χ3n) is 4.72. The lowest BCUT2D eigenvalue weighted by atomic mass is 10.1. The topological polar surface area (TPSA) is 32.3 Å². The van der Waals surface area contributed by atoms with Gasteiger partial charge in [-0.05, 0) is 42.0 Å². The Morgan fingerprint density at radius 2 is 0.967 bits per heavy atom. The lowest BCUT2D eigenvalue weighted by Gasteiger charge is -2.28. The molecule has 0 aromatic heterocycles. The van der Waals surface area contributed by atoms with Crippen LogP contribution in [0.15, 0.2) is 128 Å². The molecule has 1 amide bonds. The van der Waals surface area contributed by atoms with Crippen molar-refractivity contribution in [3.63, 3.8) is 0 Å². The summed E-state index contributed by atoms with van der Waals surface area (Å²) in [5.74, 6) is -0.148. The second kappa shape index (κ2) is 9.39. The van der Waals surface area contributed by atoms with Crippen LogP contribution >= 0.6 is 0 Å². The van der Waals surface area contributed by atoms with E-state index >= 15 is 0 Å². The number of hydrogen-bond acceptors (Lipinski definition) is 2. The van der Waals surface area contributed by atoms with Crippen molar-refractivity contribution in [1.82, 2.24) is 5.32 Å². The Morgan fingerprint density at radius 3 is 1.43 bits per heavy atom. The van der Waals surface area contributed by atoms with Crippen molar-refractivity contribution in [2.24, 2.45) is 0 Å². The van der Waals surface area contributed by atoms with Gasteiger partial charge in [-0.3, -0.25) is 4.79 Å². The summed E-state index contributed by atoms with van der Waals surface area (Å²) < 4.78 is 0. The van der Waals surface area contributed by atoms with Crippen LogP contribution in [0.5, 0.6) is 0 Å². The Hall–Kier alpha value is -4.11. The van der Waals surface area contributed by atoms with Crippen LogP contribution < -0.4 is 10.2 Å². The molecule has 0 saturated heterocycles. The van der Waals surface area contributed by atoms with E-state index < -0.39 is 0 Å². The van der Waals surface area contributed by atoms with Crippen LogP contribution in [0, 0.1) is 0 Å². The summed E-state index contributed by atoms with van der Waals surface area (Å²) >= 11 is 0. The van der Waals surface area contributed by atoms with Crippen LogP contribution in [0.1, 0.15) is 15.9 Å². The molecule has 4 rings (SSSR count). The maximum absolute atomic E-state index is 12.7. The minimum atomic E-state index is -0.148. The number of rotatable bonds is 6. The van der Waals surface area contributed by atoms with Crippen molar-refractivity contribution in [3.05, 3.63) is 139 Å². The van der Waals surface area contributed by atoms with Crippen molar-refractivity contribution in [2.75, 3.05) is 4.90 Å². The van der Waals surface area contributed by atoms with Gasteiger partial charge in [0.15, 0.2) is 0 Å². The van der Waals surface area contributed by atoms with E-state index in [1.807, 2.05) is 84.9 Å². The van der Waals surface area contributed by atoms with Gasteiger partial charge in [-0.2, -0.15) is 0 Å². The van der Waals surface area contributed by atoms with Gasteiger partial charge in [-0.1, -0.05) is 84.9 Å². The number of amides is 1. The SMILES string of the molecule is O=C(NC=C(c1ccccc1)N(c1ccccc1)c1ccccc1)c1ccccc1. The van der Waals surface area contributed by atoms with Crippen LogP contribution in [0.2, 0.25) is 0 Å². The van der Waals surface area contributed by atoms with Crippen LogP contribution in [0.4, 0.5) is 11.4 Å². The summed E-state index contributed by atoms with van der Waals surface area (Å²) in [5.41, 5.74) is 4.50. The molecule has 0 aliphatic rings. The van der Waals surface area contributed by atoms with Crippen molar-refractivity contribution >= 4 is 23.0 Å². The lowest BCUT2D eigenvalue weighted by molar-refractivity contribution is 0.0970. The highest BCUT2D eigenvalue weighted by molar-refractivity contribution is 5.96. The predicted molar refractivity (Wildman–Crippen MR) is 123 cm³/mol. The Bertz CT molecular complexity index is 1070. The summed E-state index contributed by atoms with van der Waals surface area (Å²) in [6.07, 6.45) is 1.78. The number of hydrogen-bond donors (Lipinski definition) is 1. The fraction of sp³-hybridized carbons (Fsp3) is 0. The van der Waals surface area contributed by atoms with E-state index in [1.165, 1.54) is 0 Å². The molecular weight excluding hydrogens is 368 g/mol. The Morgan fingerprint density at radius 1 is 0.567 bits per heavy atom. The van der Waals surface area contributed by atoms with Crippen molar-refractivity contribution < 1.29 is 4.79 Å². The molecule has 30 heavy (non-hydrogen) atoms. The molecule has 0 fully saturated rings. The molecule has 0 atom stereocenters. The van der Waals surface area contributed by atoms with E-state index in [2.05, 4.69) is 34.5 Å². The predicted octanol–water partition coefficient (Wildman–Crippen LogP) is 6.25. The Balaban J connectivity index is 1.80. The molecule has 1 N–H and O–H groups in total. The zero-order valence-corrected chi connectivity index (χ0v) is 16.5.